The molecule has 0 aliphatic rings. The molecule has 6 heteroatoms. The van der Waals surface area contributed by atoms with Crippen molar-refractivity contribution in [2.45, 2.75) is 6.92 Å². The van der Waals surface area contributed by atoms with Crippen LogP contribution in [0.3, 0.4) is 0 Å². The molecule has 0 atom stereocenters. The molecule has 1 aromatic heterocycles. The molecule has 0 fully saturated rings. The summed E-state index contributed by atoms with van der Waals surface area (Å²) in [6, 6.07) is 10.0. The number of aryl methyl sites for hydroxylation is 1. The molecule has 110 valence electrons. The highest BCUT2D eigenvalue weighted by atomic mass is 19.1. The summed E-state index contributed by atoms with van der Waals surface area (Å²) in [6.07, 6.45) is 1.17. The van der Waals surface area contributed by atoms with Crippen molar-refractivity contribution in [2.24, 2.45) is 5.10 Å². The Morgan fingerprint density at radius 2 is 1.95 bits per heavy atom. The minimum atomic E-state index is -0.747. The van der Waals surface area contributed by atoms with E-state index < -0.39 is 11.6 Å². The fourth-order valence-corrected chi connectivity index (χ4v) is 2.10. The van der Waals surface area contributed by atoms with E-state index in [9.17, 15) is 13.6 Å². The van der Waals surface area contributed by atoms with E-state index in [4.69, 9.17) is 0 Å². The van der Waals surface area contributed by atoms with Gasteiger partial charge in [-0.25, -0.2) is 13.8 Å². The molecule has 4 nitrogen and oxygen atoms in total. The molecule has 2 aromatic carbocycles. The lowest BCUT2D eigenvalue weighted by molar-refractivity contribution is 0.582. The van der Waals surface area contributed by atoms with Crippen molar-refractivity contribution in [1.82, 2.24) is 9.66 Å². The van der Waals surface area contributed by atoms with Crippen molar-refractivity contribution < 1.29 is 8.78 Å². The van der Waals surface area contributed by atoms with Crippen molar-refractivity contribution in [3.05, 3.63) is 75.8 Å². The Morgan fingerprint density at radius 3 is 2.73 bits per heavy atom. The smallest absolute Gasteiger partial charge is 0.267 e. The van der Waals surface area contributed by atoms with Crippen molar-refractivity contribution in [3.8, 4) is 0 Å². The zero-order chi connectivity index (χ0) is 15.7. The van der Waals surface area contributed by atoms with E-state index in [1.54, 1.807) is 31.2 Å². The fraction of sp³-hybridized carbons (Fsp3) is 0.0625. The predicted octanol–water partition coefficient (Wildman–Crippen LogP) is 2.87. The number of rotatable bonds is 2. The Balaban J connectivity index is 2.11. The van der Waals surface area contributed by atoms with E-state index in [1.807, 2.05) is 0 Å². The minimum absolute atomic E-state index is 0.0841. The molecular formula is C16H11F2N3O. The number of hydrogen-bond donors (Lipinski definition) is 0. The first-order chi connectivity index (χ1) is 10.6. The van der Waals surface area contributed by atoms with Crippen LogP contribution in [0.15, 0.2) is 52.4 Å². The standard InChI is InChI=1S/C16H11F2N3O/c1-10-20-15-5-3-2-4-13(15)16(22)21(10)19-9-11-6-7-12(17)8-14(11)18/h2-9H,1H3. The molecular weight excluding hydrogens is 288 g/mol. The SMILES string of the molecule is Cc1nc2ccccc2c(=O)n1N=Cc1ccc(F)cc1F. The van der Waals surface area contributed by atoms with Crippen molar-refractivity contribution in [1.29, 1.82) is 0 Å². The van der Waals surface area contributed by atoms with E-state index >= 15 is 0 Å². The highest BCUT2D eigenvalue weighted by Gasteiger charge is 2.07. The first-order valence-electron chi connectivity index (χ1n) is 6.54. The molecule has 0 N–H and O–H groups in total. The van der Waals surface area contributed by atoms with Crippen molar-refractivity contribution in [3.63, 3.8) is 0 Å². The van der Waals surface area contributed by atoms with Gasteiger partial charge in [-0.15, -0.1) is 0 Å². The number of fused-ring (bicyclic) bond motifs is 1. The van der Waals surface area contributed by atoms with Gasteiger partial charge in [0.25, 0.3) is 5.56 Å². The van der Waals surface area contributed by atoms with Crippen LogP contribution in [0, 0.1) is 18.6 Å². The number of aromatic nitrogens is 2. The monoisotopic (exact) mass is 299 g/mol. The third-order valence-corrected chi connectivity index (χ3v) is 3.19. The summed E-state index contributed by atoms with van der Waals surface area (Å²) < 4.78 is 27.5. The molecule has 0 bridgehead atoms. The predicted molar refractivity (Wildman–Crippen MR) is 80.1 cm³/mol. The Kier molecular flexibility index (Phi) is 3.50. The molecule has 0 aliphatic carbocycles. The number of benzene rings is 2. The first kappa shape index (κ1) is 14.1. The third kappa shape index (κ3) is 2.50. The topological polar surface area (TPSA) is 47.2 Å². The second-order valence-corrected chi connectivity index (χ2v) is 4.70. The van der Waals surface area contributed by atoms with Crippen LogP contribution in [0.2, 0.25) is 0 Å². The number of halogens is 2. The van der Waals surface area contributed by atoms with Gasteiger partial charge in [-0.05, 0) is 31.2 Å². The van der Waals surface area contributed by atoms with Crippen LogP contribution in [0.1, 0.15) is 11.4 Å². The molecule has 0 aliphatic heterocycles. The van der Waals surface area contributed by atoms with Gasteiger partial charge >= 0.3 is 0 Å². The van der Waals surface area contributed by atoms with Gasteiger partial charge in [0.2, 0.25) is 0 Å². The Labute approximate surface area is 124 Å². The summed E-state index contributed by atoms with van der Waals surface area (Å²) in [6.45, 7) is 1.63. The Hall–Kier alpha value is -2.89. The van der Waals surface area contributed by atoms with Gasteiger partial charge in [-0.1, -0.05) is 12.1 Å². The van der Waals surface area contributed by atoms with Gasteiger partial charge in [0, 0.05) is 11.6 Å². The quantitative estimate of drug-likeness (QED) is 0.683. The van der Waals surface area contributed by atoms with Crippen LogP contribution in [-0.2, 0) is 0 Å². The van der Waals surface area contributed by atoms with Gasteiger partial charge in [0.15, 0.2) is 0 Å². The largest absolute Gasteiger partial charge is 0.282 e. The normalized spacial score (nSPS) is 11.4. The van der Waals surface area contributed by atoms with Crippen LogP contribution in [-0.4, -0.2) is 15.9 Å². The zero-order valence-corrected chi connectivity index (χ0v) is 11.6. The summed E-state index contributed by atoms with van der Waals surface area (Å²) in [5.41, 5.74) is 0.312. The number of nitrogens with zero attached hydrogens (tertiary/aromatic N) is 3. The maximum atomic E-state index is 13.6. The fourth-order valence-electron chi connectivity index (χ4n) is 2.10. The van der Waals surface area contributed by atoms with Gasteiger partial charge in [0.05, 0.1) is 17.1 Å². The highest BCUT2D eigenvalue weighted by molar-refractivity contribution is 5.80. The van der Waals surface area contributed by atoms with Crippen molar-refractivity contribution in [2.75, 3.05) is 0 Å². The minimum Gasteiger partial charge on any atom is -0.267 e. The molecule has 3 rings (SSSR count). The zero-order valence-electron chi connectivity index (χ0n) is 11.6. The van der Waals surface area contributed by atoms with Crippen LogP contribution in [0.5, 0.6) is 0 Å². The molecule has 0 radical (unpaired) electrons. The summed E-state index contributed by atoms with van der Waals surface area (Å²) in [5, 5.41) is 4.39. The first-order valence-corrected chi connectivity index (χ1v) is 6.54. The van der Waals surface area contributed by atoms with Crippen LogP contribution in [0.4, 0.5) is 8.78 Å². The molecule has 0 amide bonds. The Bertz CT molecular complexity index is 948. The van der Waals surface area contributed by atoms with E-state index in [-0.39, 0.29) is 11.1 Å². The lowest BCUT2D eigenvalue weighted by atomic mass is 10.2. The van der Waals surface area contributed by atoms with Gasteiger partial charge in [-0.2, -0.15) is 9.78 Å². The maximum absolute atomic E-state index is 13.6. The van der Waals surface area contributed by atoms with E-state index in [2.05, 4.69) is 10.1 Å². The molecule has 0 saturated carbocycles. The maximum Gasteiger partial charge on any atom is 0.282 e. The number of hydrogen-bond acceptors (Lipinski definition) is 3. The van der Waals surface area contributed by atoms with Gasteiger partial charge < -0.3 is 0 Å². The third-order valence-electron chi connectivity index (χ3n) is 3.19. The van der Waals surface area contributed by atoms with E-state index in [0.29, 0.717) is 16.7 Å². The summed E-state index contributed by atoms with van der Waals surface area (Å²) in [4.78, 5) is 16.6. The summed E-state index contributed by atoms with van der Waals surface area (Å²) in [5.74, 6) is -1.04. The van der Waals surface area contributed by atoms with Gasteiger partial charge in [0.1, 0.15) is 17.5 Å². The van der Waals surface area contributed by atoms with Crippen molar-refractivity contribution >= 4 is 17.1 Å². The molecule has 0 unspecified atom stereocenters. The van der Waals surface area contributed by atoms with Crippen LogP contribution in [0.25, 0.3) is 10.9 Å². The Morgan fingerprint density at radius 1 is 1.18 bits per heavy atom. The summed E-state index contributed by atoms with van der Waals surface area (Å²) in [7, 11) is 0. The molecule has 3 aromatic rings. The lowest BCUT2D eigenvalue weighted by Gasteiger charge is -2.05. The molecule has 0 spiro atoms. The second-order valence-electron chi connectivity index (χ2n) is 4.70. The van der Waals surface area contributed by atoms with Gasteiger partial charge in [-0.3, -0.25) is 4.79 Å². The van der Waals surface area contributed by atoms with E-state index in [1.165, 1.54) is 12.3 Å². The molecule has 0 saturated heterocycles. The average molecular weight is 299 g/mol. The molecule has 1 heterocycles. The van der Waals surface area contributed by atoms with E-state index in [0.717, 1.165) is 16.8 Å². The average Bonchev–Trinajstić information content (AvgIpc) is 2.49. The second kappa shape index (κ2) is 5.48. The van der Waals surface area contributed by atoms with Crippen LogP contribution < -0.4 is 5.56 Å². The van der Waals surface area contributed by atoms with Crippen LogP contribution >= 0.6 is 0 Å². The lowest BCUT2D eigenvalue weighted by Crippen LogP contribution is -2.20. The molecule has 22 heavy (non-hydrogen) atoms. The highest BCUT2D eigenvalue weighted by Crippen LogP contribution is 2.09. The summed E-state index contributed by atoms with van der Waals surface area (Å²) >= 11 is 0. The number of para-hydroxylation sites is 1.